The van der Waals surface area contributed by atoms with Crippen LogP contribution in [0.25, 0.3) is 0 Å². The summed E-state index contributed by atoms with van der Waals surface area (Å²) < 4.78 is 21.7. The van der Waals surface area contributed by atoms with Gasteiger partial charge in [0, 0.05) is 19.5 Å². The van der Waals surface area contributed by atoms with Gasteiger partial charge in [-0.1, -0.05) is 6.07 Å². The number of rotatable bonds is 6. The van der Waals surface area contributed by atoms with Crippen LogP contribution in [-0.4, -0.2) is 42.6 Å². The first-order valence-electron chi connectivity index (χ1n) is 10.5. The Morgan fingerprint density at radius 1 is 1.23 bits per heavy atom. The summed E-state index contributed by atoms with van der Waals surface area (Å²) in [6.07, 6.45) is 5.74. The second kappa shape index (κ2) is 9.75. The van der Waals surface area contributed by atoms with E-state index in [1.54, 1.807) is 23.5 Å². The lowest BCUT2D eigenvalue weighted by atomic mass is 9.87. The van der Waals surface area contributed by atoms with Crippen LogP contribution in [0.3, 0.4) is 0 Å². The van der Waals surface area contributed by atoms with Gasteiger partial charge in [-0.2, -0.15) is 5.26 Å². The number of hydrogen-bond donors (Lipinski definition) is 0. The molecule has 1 aromatic rings. The molecule has 0 aliphatic carbocycles. The quantitative estimate of drug-likeness (QED) is 0.629. The van der Waals surface area contributed by atoms with Crippen LogP contribution in [-0.2, 0) is 14.2 Å². The van der Waals surface area contributed by atoms with Crippen LogP contribution in [0.4, 0.5) is 4.79 Å². The summed E-state index contributed by atoms with van der Waals surface area (Å²) in [6.45, 7) is 7.39. The molecule has 1 fully saturated rings. The lowest BCUT2D eigenvalue weighted by Crippen LogP contribution is -2.41. The Hall–Kier alpha value is -2.88. The lowest BCUT2D eigenvalue weighted by Gasteiger charge is -2.33. The van der Waals surface area contributed by atoms with Crippen molar-refractivity contribution in [3.8, 4) is 11.8 Å². The second-order valence-corrected chi connectivity index (χ2v) is 8.57. The number of piperidine rings is 1. The van der Waals surface area contributed by atoms with E-state index < -0.39 is 5.60 Å². The molecule has 2 aliphatic rings. The van der Waals surface area contributed by atoms with Gasteiger partial charge in [0.2, 0.25) is 6.29 Å². The van der Waals surface area contributed by atoms with Gasteiger partial charge in [0.15, 0.2) is 0 Å². The van der Waals surface area contributed by atoms with Crippen molar-refractivity contribution in [2.75, 3.05) is 19.7 Å². The van der Waals surface area contributed by atoms with Crippen molar-refractivity contribution in [2.45, 2.75) is 64.3 Å². The van der Waals surface area contributed by atoms with Crippen molar-refractivity contribution >= 4 is 6.09 Å². The first-order valence-corrected chi connectivity index (χ1v) is 10.5. The number of amides is 1. The zero-order chi connectivity index (χ0) is 21.6. The maximum atomic E-state index is 12.2. The number of hydrogen-bond acceptors (Lipinski definition) is 6. The van der Waals surface area contributed by atoms with Crippen LogP contribution >= 0.6 is 0 Å². The Morgan fingerprint density at radius 3 is 2.57 bits per heavy atom. The first kappa shape index (κ1) is 21.8. The standard InChI is InChI=1S/C23H30N2O5/c1-23(2,3)30-22(26)25-10-8-17(9-11-25)20-7-6-19(15-18(20)16-24)27-12-4-5-21-28-13-14-29-21/h6-7,13-15,17,21H,4-5,8-12H2,1-3H3. The maximum absolute atomic E-state index is 12.2. The molecule has 2 aliphatic heterocycles. The van der Waals surface area contributed by atoms with Crippen molar-refractivity contribution in [3.63, 3.8) is 0 Å². The van der Waals surface area contributed by atoms with Crippen molar-refractivity contribution in [3.05, 3.63) is 41.9 Å². The highest BCUT2D eigenvalue weighted by atomic mass is 16.7. The molecule has 0 atom stereocenters. The van der Waals surface area contributed by atoms with Gasteiger partial charge in [-0.25, -0.2) is 4.79 Å². The van der Waals surface area contributed by atoms with E-state index >= 15 is 0 Å². The Morgan fingerprint density at radius 2 is 1.93 bits per heavy atom. The van der Waals surface area contributed by atoms with Gasteiger partial charge in [0.05, 0.1) is 18.2 Å². The minimum Gasteiger partial charge on any atom is -0.494 e. The van der Waals surface area contributed by atoms with Crippen LogP contribution < -0.4 is 4.74 Å². The number of nitriles is 1. The monoisotopic (exact) mass is 414 g/mol. The molecule has 3 rings (SSSR count). The van der Waals surface area contributed by atoms with Gasteiger partial charge in [-0.15, -0.1) is 0 Å². The predicted molar refractivity (Wildman–Crippen MR) is 111 cm³/mol. The second-order valence-electron chi connectivity index (χ2n) is 8.57. The fraction of sp³-hybridized carbons (Fsp3) is 0.565. The summed E-state index contributed by atoms with van der Waals surface area (Å²) in [4.78, 5) is 14.0. The molecule has 0 spiro atoms. The Labute approximate surface area is 178 Å². The third-order valence-electron chi connectivity index (χ3n) is 5.10. The SMILES string of the molecule is CC(C)(C)OC(=O)N1CCC(c2ccc(OCCCC3OC=CO3)cc2C#N)CC1. The zero-order valence-electron chi connectivity index (χ0n) is 17.9. The molecular weight excluding hydrogens is 384 g/mol. The van der Waals surface area contributed by atoms with E-state index in [0.29, 0.717) is 31.0 Å². The molecule has 0 N–H and O–H groups in total. The van der Waals surface area contributed by atoms with E-state index in [-0.39, 0.29) is 18.3 Å². The van der Waals surface area contributed by atoms with Crippen molar-refractivity contribution in [2.24, 2.45) is 0 Å². The summed E-state index contributed by atoms with van der Waals surface area (Å²) in [5.74, 6) is 0.935. The van der Waals surface area contributed by atoms with E-state index in [9.17, 15) is 10.1 Å². The molecule has 0 aromatic heterocycles. The molecule has 30 heavy (non-hydrogen) atoms. The zero-order valence-corrected chi connectivity index (χ0v) is 17.9. The molecule has 0 bridgehead atoms. The normalized spacial score (nSPS) is 17.2. The molecule has 7 nitrogen and oxygen atoms in total. The van der Waals surface area contributed by atoms with Crippen LogP contribution in [0.15, 0.2) is 30.7 Å². The number of ether oxygens (including phenoxy) is 4. The molecule has 1 amide bonds. The number of nitrogens with zero attached hydrogens (tertiary/aromatic N) is 2. The average molecular weight is 415 g/mol. The lowest BCUT2D eigenvalue weighted by molar-refractivity contribution is -0.0310. The fourth-order valence-electron chi connectivity index (χ4n) is 3.63. The number of carbonyl (C=O) groups is 1. The van der Waals surface area contributed by atoms with E-state index in [1.165, 1.54) is 0 Å². The third kappa shape index (κ3) is 6.06. The van der Waals surface area contributed by atoms with Gasteiger partial charge in [0.1, 0.15) is 23.9 Å². The summed E-state index contributed by atoms with van der Waals surface area (Å²) >= 11 is 0. The molecule has 0 saturated carbocycles. The van der Waals surface area contributed by atoms with E-state index in [4.69, 9.17) is 18.9 Å². The van der Waals surface area contributed by atoms with Crippen LogP contribution in [0.1, 0.15) is 63.5 Å². The highest BCUT2D eigenvalue weighted by Gasteiger charge is 2.28. The maximum Gasteiger partial charge on any atom is 0.410 e. The van der Waals surface area contributed by atoms with Crippen molar-refractivity contribution < 1.29 is 23.7 Å². The molecule has 162 valence electrons. The Bertz CT molecular complexity index is 793. The summed E-state index contributed by atoms with van der Waals surface area (Å²) in [7, 11) is 0. The Kier molecular flexibility index (Phi) is 7.09. The predicted octanol–water partition coefficient (Wildman–Crippen LogP) is 4.68. The average Bonchev–Trinajstić information content (AvgIpc) is 3.23. The van der Waals surface area contributed by atoms with Crippen molar-refractivity contribution in [1.82, 2.24) is 4.90 Å². The molecular formula is C23H30N2O5. The van der Waals surface area contributed by atoms with Gasteiger partial charge in [0.25, 0.3) is 0 Å². The van der Waals surface area contributed by atoms with E-state index in [2.05, 4.69) is 6.07 Å². The van der Waals surface area contributed by atoms with Gasteiger partial charge < -0.3 is 23.8 Å². The van der Waals surface area contributed by atoms with Crippen LogP contribution in [0.5, 0.6) is 5.75 Å². The van der Waals surface area contributed by atoms with Crippen LogP contribution in [0.2, 0.25) is 0 Å². The van der Waals surface area contributed by atoms with Gasteiger partial charge in [-0.3, -0.25) is 0 Å². The molecule has 7 heteroatoms. The molecule has 1 saturated heterocycles. The van der Waals surface area contributed by atoms with Gasteiger partial charge >= 0.3 is 6.09 Å². The highest BCUT2D eigenvalue weighted by Crippen LogP contribution is 2.32. The van der Waals surface area contributed by atoms with E-state index in [0.717, 1.165) is 31.2 Å². The Balaban J connectivity index is 1.50. The minimum atomic E-state index is -0.494. The minimum absolute atomic E-state index is 0.225. The third-order valence-corrected chi connectivity index (χ3v) is 5.10. The van der Waals surface area contributed by atoms with Crippen LogP contribution in [0, 0.1) is 11.3 Å². The summed E-state index contributed by atoms with van der Waals surface area (Å²) in [5.41, 5.74) is 1.16. The summed E-state index contributed by atoms with van der Waals surface area (Å²) in [5, 5.41) is 9.63. The fourth-order valence-corrected chi connectivity index (χ4v) is 3.63. The number of carbonyl (C=O) groups excluding carboxylic acids is 1. The summed E-state index contributed by atoms with van der Waals surface area (Å²) in [6, 6.07) is 8.00. The van der Waals surface area contributed by atoms with Crippen molar-refractivity contribution in [1.29, 1.82) is 5.26 Å². The largest absolute Gasteiger partial charge is 0.494 e. The molecule has 1 aromatic carbocycles. The number of likely N-dealkylation sites (tertiary alicyclic amines) is 1. The highest BCUT2D eigenvalue weighted by molar-refractivity contribution is 5.68. The molecule has 2 heterocycles. The molecule has 0 radical (unpaired) electrons. The van der Waals surface area contributed by atoms with Gasteiger partial charge in [-0.05, 0) is 63.6 Å². The topological polar surface area (TPSA) is 81.0 Å². The van der Waals surface area contributed by atoms with E-state index in [1.807, 2.05) is 32.9 Å². The number of benzene rings is 1. The smallest absolute Gasteiger partial charge is 0.410 e. The molecule has 0 unspecified atom stereocenters. The first-order chi connectivity index (χ1) is 14.4.